The van der Waals surface area contributed by atoms with Crippen LogP contribution in [0.2, 0.25) is 0 Å². The topological polar surface area (TPSA) is 59.6 Å². The number of nitrogens with one attached hydrogen (secondary N) is 2. The molecule has 0 atom stereocenters. The van der Waals surface area contributed by atoms with Gasteiger partial charge in [0.05, 0.1) is 14.2 Å². The van der Waals surface area contributed by atoms with Crippen molar-refractivity contribution in [3.8, 4) is 11.5 Å². The van der Waals surface area contributed by atoms with Crippen LogP contribution in [-0.4, -0.2) is 26.8 Å². The molecule has 1 fully saturated rings. The fraction of sp³-hybridized carbons (Fsp3) is 0.350. The molecular weight excluding hydrogens is 316 g/mol. The molecule has 0 aromatic heterocycles. The monoisotopic (exact) mass is 340 g/mol. The molecule has 0 saturated heterocycles. The van der Waals surface area contributed by atoms with E-state index in [2.05, 4.69) is 41.8 Å². The third-order valence-corrected chi connectivity index (χ3v) is 4.75. The van der Waals surface area contributed by atoms with E-state index in [1.165, 1.54) is 11.1 Å². The van der Waals surface area contributed by atoms with Crippen molar-refractivity contribution in [1.82, 2.24) is 5.32 Å². The van der Waals surface area contributed by atoms with Gasteiger partial charge < -0.3 is 20.1 Å². The Morgan fingerprint density at radius 2 is 1.72 bits per heavy atom. The summed E-state index contributed by atoms with van der Waals surface area (Å²) in [4.78, 5) is 12.2. The predicted octanol–water partition coefficient (Wildman–Crippen LogP) is 3.87. The van der Waals surface area contributed by atoms with Gasteiger partial charge in [0.1, 0.15) is 0 Å². The fourth-order valence-corrected chi connectivity index (χ4v) is 2.96. The third kappa shape index (κ3) is 3.87. The standard InChI is InChI=1S/C20H24N2O3/c1-14-4-6-15(7-5-14)20(10-11-20)13-21-19(23)22-16-8-9-17(24-2)18(12-16)25-3/h4-9,12H,10-11,13H2,1-3H3,(H2,21,22,23). The van der Waals surface area contributed by atoms with Crippen molar-refractivity contribution in [1.29, 1.82) is 0 Å². The van der Waals surface area contributed by atoms with Gasteiger partial charge in [0.15, 0.2) is 11.5 Å². The SMILES string of the molecule is COc1ccc(NC(=O)NCC2(c3ccc(C)cc3)CC2)cc1OC. The van der Waals surface area contributed by atoms with E-state index in [0.717, 1.165) is 12.8 Å². The molecule has 0 spiro atoms. The van der Waals surface area contributed by atoms with Crippen LogP contribution < -0.4 is 20.1 Å². The van der Waals surface area contributed by atoms with Crippen LogP contribution >= 0.6 is 0 Å². The summed E-state index contributed by atoms with van der Waals surface area (Å²) in [5.74, 6) is 1.21. The molecule has 0 heterocycles. The van der Waals surface area contributed by atoms with Crippen molar-refractivity contribution in [3.05, 3.63) is 53.6 Å². The van der Waals surface area contributed by atoms with E-state index in [9.17, 15) is 4.79 Å². The summed E-state index contributed by atoms with van der Waals surface area (Å²) in [7, 11) is 3.15. The first-order valence-electron chi connectivity index (χ1n) is 8.40. The summed E-state index contributed by atoms with van der Waals surface area (Å²) in [5, 5.41) is 5.83. The van der Waals surface area contributed by atoms with Crippen molar-refractivity contribution in [2.24, 2.45) is 0 Å². The molecule has 0 radical (unpaired) electrons. The van der Waals surface area contributed by atoms with Crippen LogP contribution in [0.15, 0.2) is 42.5 Å². The van der Waals surface area contributed by atoms with Crippen LogP contribution in [0.5, 0.6) is 11.5 Å². The zero-order valence-corrected chi connectivity index (χ0v) is 14.9. The molecule has 2 aromatic rings. The Hall–Kier alpha value is -2.69. The summed E-state index contributed by atoms with van der Waals surface area (Å²) < 4.78 is 10.5. The number of methoxy groups -OCH3 is 2. The van der Waals surface area contributed by atoms with Crippen LogP contribution in [0, 0.1) is 6.92 Å². The molecule has 2 N–H and O–H groups in total. The van der Waals surface area contributed by atoms with Crippen LogP contribution in [0.1, 0.15) is 24.0 Å². The minimum atomic E-state index is -0.217. The molecule has 132 valence electrons. The number of hydrogen-bond donors (Lipinski definition) is 2. The Morgan fingerprint density at radius 3 is 2.32 bits per heavy atom. The van der Waals surface area contributed by atoms with Crippen molar-refractivity contribution in [2.45, 2.75) is 25.2 Å². The fourth-order valence-electron chi connectivity index (χ4n) is 2.96. The first-order chi connectivity index (χ1) is 12.1. The number of hydrogen-bond acceptors (Lipinski definition) is 3. The van der Waals surface area contributed by atoms with Gasteiger partial charge in [-0.25, -0.2) is 4.79 Å². The van der Waals surface area contributed by atoms with E-state index in [4.69, 9.17) is 9.47 Å². The smallest absolute Gasteiger partial charge is 0.319 e. The minimum Gasteiger partial charge on any atom is -0.493 e. The van der Waals surface area contributed by atoms with Crippen LogP contribution in [0.3, 0.4) is 0 Å². The van der Waals surface area contributed by atoms with E-state index in [1.807, 2.05) is 0 Å². The first-order valence-corrected chi connectivity index (χ1v) is 8.40. The number of aryl methyl sites for hydroxylation is 1. The lowest BCUT2D eigenvalue weighted by Gasteiger charge is -2.17. The maximum absolute atomic E-state index is 12.2. The lowest BCUT2D eigenvalue weighted by molar-refractivity contribution is 0.251. The number of amides is 2. The molecule has 1 aliphatic carbocycles. The van der Waals surface area contributed by atoms with Gasteiger partial charge in [0.2, 0.25) is 0 Å². The molecule has 5 heteroatoms. The number of carbonyl (C=O) groups excluding carboxylic acids is 1. The summed E-state index contributed by atoms with van der Waals surface area (Å²) in [6, 6.07) is 13.7. The van der Waals surface area contributed by atoms with Gasteiger partial charge in [0.25, 0.3) is 0 Å². The Balaban J connectivity index is 1.59. The van der Waals surface area contributed by atoms with Crippen molar-refractivity contribution < 1.29 is 14.3 Å². The second kappa shape index (κ2) is 7.05. The van der Waals surface area contributed by atoms with E-state index in [1.54, 1.807) is 32.4 Å². The molecule has 2 aromatic carbocycles. The third-order valence-electron chi connectivity index (χ3n) is 4.75. The van der Waals surface area contributed by atoms with Gasteiger partial charge in [-0.15, -0.1) is 0 Å². The van der Waals surface area contributed by atoms with Crippen LogP contribution in [-0.2, 0) is 5.41 Å². The van der Waals surface area contributed by atoms with Gasteiger partial charge in [-0.1, -0.05) is 29.8 Å². The van der Waals surface area contributed by atoms with Gasteiger partial charge in [-0.3, -0.25) is 0 Å². The van der Waals surface area contributed by atoms with Crippen molar-refractivity contribution in [3.63, 3.8) is 0 Å². The quantitative estimate of drug-likeness (QED) is 0.839. The second-order valence-electron chi connectivity index (χ2n) is 6.52. The number of urea groups is 1. The molecular formula is C20H24N2O3. The number of benzene rings is 2. The molecule has 0 aliphatic heterocycles. The second-order valence-corrected chi connectivity index (χ2v) is 6.52. The average molecular weight is 340 g/mol. The molecule has 3 rings (SSSR count). The van der Waals surface area contributed by atoms with Crippen molar-refractivity contribution in [2.75, 3.05) is 26.1 Å². The van der Waals surface area contributed by atoms with Crippen LogP contribution in [0.4, 0.5) is 10.5 Å². The van der Waals surface area contributed by atoms with Gasteiger partial charge in [0, 0.05) is 23.7 Å². The maximum atomic E-state index is 12.2. The van der Waals surface area contributed by atoms with Gasteiger partial charge >= 0.3 is 6.03 Å². The zero-order chi connectivity index (χ0) is 17.9. The number of rotatable bonds is 6. The molecule has 25 heavy (non-hydrogen) atoms. The number of anilines is 1. The molecule has 5 nitrogen and oxygen atoms in total. The summed E-state index contributed by atoms with van der Waals surface area (Å²) >= 11 is 0. The highest BCUT2D eigenvalue weighted by molar-refractivity contribution is 5.89. The first kappa shape index (κ1) is 17.1. The molecule has 0 unspecified atom stereocenters. The highest BCUT2D eigenvalue weighted by Crippen LogP contribution is 2.47. The number of ether oxygens (including phenoxy) is 2. The summed E-state index contributed by atoms with van der Waals surface area (Å²) in [6.07, 6.45) is 2.21. The van der Waals surface area contributed by atoms with Crippen molar-refractivity contribution >= 4 is 11.7 Å². The Bertz CT molecular complexity index is 752. The normalized spacial score (nSPS) is 14.5. The largest absolute Gasteiger partial charge is 0.493 e. The van der Waals surface area contributed by atoms with E-state index in [0.29, 0.717) is 23.7 Å². The molecule has 1 aliphatic rings. The number of carbonyl (C=O) groups is 1. The average Bonchev–Trinajstić information content (AvgIpc) is 3.41. The van der Waals surface area contributed by atoms with Crippen LogP contribution in [0.25, 0.3) is 0 Å². The lowest BCUT2D eigenvalue weighted by atomic mass is 9.95. The van der Waals surface area contributed by atoms with Gasteiger partial charge in [-0.2, -0.15) is 0 Å². The van der Waals surface area contributed by atoms with E-state index >= 15 is 0 Å². The lowest BCUT2D eigenvalue weighted by Crippen LogP contribution is -2.35. The maximum Gasteiger partial charge on any atom is 0.319 e. The van der Waals surface area contributed by atoms with E-state index in [-0.39, 0.29) is 11.4 Å². The Morgan fingerprint density at radius 1 is 1.04 bits per heavy atom. The Kier molecular flexibility index (Phi) is 4.83. The van der Waals surface area contributed by atoms with E-state index < -0.39 is 0 Å². The minimum absolute atomic E-state index is 0.0860. The summed E-state index contributed by atoms with van der Waals surface area (Å²) in [5.41, 5.74) is 3.29. The van der Waals surface area contributed by atoms with Gasteiger partial charge in [-0.05, 0) is 37.5 Å². The predicted molar refractivity (Wildman–Crippen MR) is 98.7 cm³/mol. The molecule has 2 amide bonds. The molecule has 0 bridgehead atoms. The zero-order valence-electron chi connectivity index (χ0n) is 14.9. The summed E-state index contributed by atoms with van der Waals surface area (Å²) in [6.45, 7) is 2.72. The highest BCUT2D eigenvalue weighted by atomic mass is 16.5. The highest BCUT2D eigenvalue weighted by Gasteiger charge is 2.44. The Labute approximate surface area is 148 Å². The molecule has 1 saturated carbocycles.